The predicted molar refractivity (Wildman–Crippen MR) is 105 cm³/mol. The molecule has 0 saturated carbocycles. The van der Waals surface area contributed by atoms with E-state index in [4.69, 9.17) is 0 Å². The molecule has 1 aromatic carbocycles. The second kappa shape index (κ2) is 8.82. The van der Waals surface area contributed by atoms with Gasteiger partial charge in [0, 0.05) is 5.38 Å². The second-order valence-electron chi connectivity index (χ2n) is 6.32. The van der Waals surface area contributed by atoms with Crippen LogP contribution < -0.4 is 10.6 Å². The summed E-state index contributed by atoms with van der Waals surface area (Å²) in [4.78, 5) is 54.7. The van der Waals surface area contributed by atoms with Crippen molar-refractivity contribution in [3.05, 3.63) is 47.0 Å². The molecule has 10 heteroatoms. The standard InChI is InChI=1S/C19H20N4O5S/c1-3-7-13(15(24)22-18-20-12(10-29-18)17(26)28-2)23-16(25)14(21-19(23)27)11-8-5-4-6-9-11/h4-6,8-10,13-14H,3,7H2,1-2H3,(H,21,27)(H,20,22,24). The van der Waals surface area contributed by atoms with Crippen LogP contribution in [0.15, 0.2) is 35.7 Å². The van der Waals surface area contributed by atoms with Crippen molar-refractivity contribution in [3.63, 3.8) is 0 Å². The van der Waals surface area contributed by atoms with Gasteiger partial charge in [-0.25, -0.2) is 19.5 Å². The van der Waals surface area contributed by atoms with Crippen molar-refractivity contribution in [1.82, 2.24) is 15.2 Å². The molecule has 0 bridgehead atoms. The van der Waals surface area contributed by atoms with Gasteiger partial charge in [-0.3, -0.25) is 9.59 Å². The van der Waals surface area contributed by atoms with E-state index in [1.165, 1.54) is 12.5 Å². The zero-order chi connectivity index (χ0) is 21.0. The quantitative estimate of drug-likeness (QED) is 0.528. The van der Waals surface area contributed by atoms with Gasteiger partial charge >= 0.3 is 12.0 Å². The van der Waals surface area contributed by atoms with Crippen LogP contribution in [0.2, 0.25) is 0 Å². The normalized spacial score (nSPS) is 17.0. The van der Waals surface area contributed by atoms with E-state index in [1.54, 1.807) is 24.3 Å². The van der Waals surface area contributed by atoms with Crippen molar-refractivity contribution in [2.75, 3.05) is 12.4 Å². The van der Waals surface area contributed by atoms with Crippen LogP contribution in [-0.2, 0) is 14.3 Å². The van der Waals surface area contributed by atoms with E-state index in [9.17, 15) is 19.2 Å². The Hall–Kier alpha value is -3.27. The smallest absolute Gasteiger partial charge is 0.357 e. The summed E-state index contributed by atoms with van der Waals surface area (Å²) in [5, 5.41) is 6.86. The number of anilines is 1. The summed E-state index contributed by atoms with van der Waals surface area (Å²) in [6.07, 6.45) is 0.873. The minimum absolute atomic E-state index is 0.0685. The lowest BCUT2D eigenvalue weighted by atomic mass is 10.1. The number of esters is 1. The Morgan fingerprint density at radius 2 is 2.03 bits per heavy atom. The summed E-state index contributed by atoms with van der Waals surface area (Å²) < 4.78 is 4.59. The van der Waals surface area contributed by atoms with Crippen LogP contribution >= 0.6 is 11.3 Å². The summed E-state index contributed by atoms with van der Waals surface area (Å²) in [5.41, 5.74) is 0.714. The van der Waals surface area contributed by atoms with Crippen LogP contribution in [0.25, 0.3) is 0 Å². The van der Waals surface area contributed by atoms with E-state index >= 15 is 0 Å². The fraction of sp³-hybridized carbons (Fsp3) is 0.316. The monoisotopic (exact) mass is 416 g/mol. The molecule has 1 saturated heterocycles. The number of thiazole rings is 1. The van der Waals surface area contributed by atoms with Crippen molar-refractivity contribution in [2.45, 2.75) is 31.8 Å². The van der Waals surface area contributed by atoms with Gasteiger partial charge in [0.15, 0.2) is 10.8 Å². The molecule has 0 radical (unpaired) electrons. The highest BCUT2D eigenvalue weighted by atomic mass is 32.1. The van der Waals surface area contributed by atoms with Gasteiger partial charge in [-0.15, -0.1) is 11.3 Å². The maximum atomic E-state index is 12.9. The highest BCUT2D eigenvalue weighted by Crippen LogP contribution is 2.26. The highest BCUT2D eigenvalue weighted by Gasteiger charge is 2.45. The number of nitrogens with zero attached hydrogens (tertiary/aromatic N) is 2. The van der Waals surface area contributed by atoms with Crippen LogP contribution in [0.5, 0.6) is 0 Å². The van der Waals surface area contributed by atoms with Crippen LogP contribution in [0.3, 0.4) is 0 Å². The molecule has 1 aliphatic rings. The number of ether oxygens (including phenoxy) is 1. The number of nitrogens with one attached hydrogen (secondary N) is 2. The van der Waals surface area contributed by atoms with Gasteiger partial charge in [-0.1, -0.05) is 43.7 Å². The second-order valence-corrected chi connectivity index (χ2v) is 7.18. The first-order chi connectivity index (χ1) is 14.0. The number of hydrogen-bond acceptors (Lipinski definition) is 7. The summed E-state index contributed by atoms with van der Waals surface area (Å²) in [6.45, 7) is 1.85. The van der Waals surface area contributed by atoms with Crippen LogP contribution in [0.1, 0.15) is 41.9 Å². The predicted octanol–water partition coefficient (Wildman–Crippen LogP) is 2.33. The molecule has 9 nitrogen and oxygen atoms in total. The van der Waals surface area contributed by atoms with E-state index in [0.29, 0.717) is 18.4 Å². The number of aromatic nitrogens is 1. The van der Waals surface area contributed by atoms with Crippen molar-refractivity contribution < 1.29 is 23.9 Å². The Balaban J connectivity index is 1.78. The summed E-state index contributed by atoms with van der Waals surface area (Å²) in [6, 6.07) is 6.40. The lowest BCUT2D eigenvalue weighted by molar-refractivity contribution is -0.134. The zero-order valence-electron chi connectivity index (χ0n) is 15.9. The SMILES string of the molecule is CCCC(C(=O)Nc1nc(C(=O)OC)cs1)N1C(=O)NC(c2ccccc2)C1=O. The molecular weight excluding hydrogens is 396 g/mol. The number of rotatable bonds is 7. The first-order valence-corrected chi connectivity index (χ1v) is 9.87. The number of amides is 4. The third kappa shape index (κ3) is 4.27. The number of carbonyl (C=O) groups excluding carboxylic acids is 4. The van der Waals surface area contributed by atoms with Gasteiger partial charge in [0.1, 0.15) is 12.1 Å². The molecular formula is C19H20N4O5S. The highest BCUT2D eigenvalue weighted by molar-refractivity contribution is 7.14. The fourth-order valence-corrected chi connectivity index (χ4v) is 3.71. The zero-order valence-corrected chi connectivity index (χ0v) is 16.7. The third-order valence-electron chi connectivity index (χ3n) is 4.41. The molecule has 3 rings (SSSR count). The maximum absolute atomic E-state index is 12.9. The van der Waals surface area contributed by atoms with Gasteiger partial charge in [0.25, 0.3) is 5.91 Å². The number of carbonyl (C=O) groups is 4. The van der Waals surface area contributed by atoms with Crippen molar-refractivity contribution in [3.8, 4) is 0 Å². The molecule has 2 atom stereocenters. The lowest BCUT2D eigenvalue weighted by Crippen LogP contribution is -2.47. The molecule has 0 aliphatic carbocycles. The Morgan fingerprint density at radius 3 is 2.69 bits per heavy atom. The largest absolute Gasteiger partial charge is 0.464 e. The van der Waals surface area contributed by atoms with Gasteiger partial charge in [-0.2, -0.15) is 0 Å². The molecule has 1 fully saturated rings. The average molecular weight is 416 g/mol. The van der Waals surface area contributed by atoms with E-state index in [1.807, 2.05) is 13.0 Å². The number of hydrogen-bond donors (Lipinski definition) is 2. The minimum Gasteiger partial charge on any atom is -0.464 e. The molecule has 2 heterocycles. The first-order valence-electron chi connectivity index (χ1n) is 8.99. The topological polar surface area (TPSA) is 118 Å². The summed E-state index contributed by atoms with van der Waals surface area (Å²) in [7, 11) is 1.23. The minimum atomic E-state index is -0.994. The molecule has 152 valence electrons. The molecule has 4 amide bonds. The number of benzene rings is 1. The Kier molecular flexibility index (Phi) is 6.23. The van der Waals surface area contributed by atoms with Gasteiger partial charge < -0.3 is 15.4 Å². The first kappa shape index (κ1) is 20.5. The molecule has 2 unspecified atom stereocenters. The molecule has 0 spiro atoms. The number of urea groups is 1. The molecule has 29 heavy (non-hydrogen) atoms. The van der Waals surface area contributed by atoms with E-state index < -0.39 is 35.9 Å². The van der Waals surface area contributed by atoms with Gasteiger partial charge in [0.2, 0.25) is 5.91 Å². The van der Waals surface area contributed by atoms with Crippen molar-refractivity contribution >= 4 is 40.3 Å². The Morgan fingerprint density at radius 1 is 1.31 bits per heavy atom. The van der Waals surface area contributed by atoms with Crippen LogP contribution in [-0.4, -0.2) is 46.9 Å². The summed E-state index contributed by atoms with van der Waals surface area (Å²) >= 11 is 1.05. The number of imide groups is 1. The number of methoxy groups -OCH3 is 1. The van der Waals surface area contributed by atoms with Crippen molar-refractivity contribution in [1.29, 1.82) is 0 Å². The lowest BCUT2D eigenvalue weighted by Gasteiger charge is -2.23. The van der Waals surface area contributed by atoms with Gasteiger partial charge in [0.05, 0.1) is 7.11 Å². The van der Waals surface area contributed by atoms with Gasteiger partial charge in [-0.05, 0) is 12.0 Å². The van der Waals surface area contributed by atoms with E-state index in [2.05, 4.69) is 20.4 Å². The maximum Gasteiger partial charge on any atom is 0.357 e. The third-order valence-corrected chi connectivity index (χ3v) is 5.17. The summed E-state index contributed by atoms with van der Waals surface area (Å²) in [5.74, 6) is -1.65. The molecule has 1 aromatic heterocycles. The van der Waals surface area contributed by atoms with Crippen LogP contribution in [0.4, 0.5) is 9.93 Å². The van der Waals surface area contributed by atoms with E-state index in [0.717, 1.165) is 16.2 Å². The molecule has 2 N–H and O–H groups in total. The molecule has 2 aromatic rings. The fourth-order valence-electron chi connectivity index (χ4n) is 3.03. The van der Waals surface area contributed by atoms with E-state index in [-0.39, 0.29) is 10.8 Å². The Bertz CT molecular complexity index is 930. The Labute approximate surface area is 171 Å². The molecule has 1 aliphatic heterocycles. The average Bonchev–Trinajstić information content (AvgIpc) is 3.30. The van der Waals surface area contributed by atoms with Crippen molar-refractivity contribution in [2.24, 2.45) is 0 Å². The van der Waals surface area contributed by atoms with Crippen LogP contribution in [0, 0.1) is 0 Å².